The van der Waals surface area contributed by atoms with Gasteiger partial charge in [-0.2, -0.15) is 0 Å². The molecule has 0 bridgehead atoms. The quantitative estimate of drug-likeness (QED) is 0.435. The van der Waals surface area contributed by atoms with Gasteiger partial charge in [0, 0.05) is 0 Å². The fourth-order valence-electron chi connectivity index (χ4n) is 0. The van der Waals surface area contributed by atoms with Gasteiger partial charge in [-0.25, -0.2) is 0 Å². The van der Waals surface area contributed by atoms with E-state index in [-0.39, 0.29) is 5.48 Å². The van der Waals surface area contributed by atoms with Crippen molar-refractivity contribution in [2.75, 3.05) is 0 Å². The van der Waals surface area contributed by atoms with E-state index in [9.17, 15) is 0 Å². The molecule has 0 fully saturated rings. The van der Waals surface area contributed by atoms with Gasteiger partial charge in [0.25, 0.3) is 0 Å². The second-order valence-electron chi connectivity index (χ2n) is 0.289. The molecule has 0 aromatic heterocycles. The Morgan fingerprint density at radius 1 is 1.75 bits per heavy atom. The molecule has 1 radical (unpaired) electrons. The van der Waals surface area contributed by atoms with Gasteiger partial charge in [0.15, 0.2) is 0 Å². The topological polar surface area (TPSA) is 40.7 Å². The first-order valence-corrected chi connectivity index (χ1v) is 4.68. The molecule has 0 aliphatic carbocycles. The summed E-state index contributed by atoms with van der Waals surface area (Å²) in [4.78, 5) is 0. The molecule has 0 amide bonds. The van der Waals surface area contributed by atoms with Gasteiger partial charge < -0.3 is 5.48 Å². The zero-order valence-electron chi connectivity index (χ0n) is 2.62. The van der Waals surface area contributed by atoms with Crippen molar-refractivity contribution in [1.82, 2.24) is 0 Å². The molecule has 0 unspecified atom stereocenters. The van der Waals surface area contributed by atoms with Gasteiger partial charge in [-0.1, -0.05) is 0 Å². The zero-order chi connectivity index (χ0) is 2.71. The summed E-state index contributed by atoms with van der Waals surface area (Å²) < 4.78 is 4.63. The Labute approximate surface area is 52.5 Å². The zero-order valence-corrected chi connectivity index (χ0v) is 12.4. The molecule has 2 nitrogen and oxygen atoms in total. The molecule has 0 aliphatic heterocycles. The van der Waals surface area contributed by atoms with Crippen LogP contribution in [0.4, 0.5) is 0 Å². The van der Waals surface area contributed by atoms with E-state index >= 15 is 0 Å². The molecule has 0 saturated carbocycles. The Balaban J connectivity index is 0. The van der Waals surface area contributed by atoms with E-state index in [0.29, 0.717) is 22.9 Å². The van der Waals surface area contributed by atoms with Crippen molar-refractivity contribution in [3.63, 3.8) is 0 Å². The number of hydrogen-bond acceptors (Lipinski definition) is 1. The minimum absolute atomic E-state index is 0. The molecule has 4 heavy (non-hydrogen) atoms. The Morgan fingerprint density at radius 3 is 1.75 bits per heavy atom. The van der Waals surface area contributed by atoms with Gasteiger partial charge in [-0.15, -0.1) is 0 Å². The molecule has 4 heteroatoms. The third kappa shape index (κ3) is 9.68. The van der Waals surface area contributed by atoms with Crippen LogP contribution in [0.2, 0.25) is 0 Å². The summed E-state index contributed by atoms with van der Waals surface area (Å²) in [6.07, 6.45) is 0. The molecule has 0 atom stereocenters. The maximum atomic E-state index is 4.63. The Kier molecular flexibility index (Phi) is 20.1. The monoisotopic (exact) mass is 279 g/mol. The van der Waals surface area contributed by atoms with Gasteiger partial charge in [-0.05, 0) is 0 Å². The Morgan fingerprint density at radius 2 is 1.75 bits per heavy atom. The average molecular weight is 276 g/mol. The molecule has 0 aliphatic rings. The predicted molar refractivity (Wildman–Crippen MR) is 23.2 cm³/mol. The van der Waals surface area contributed by atoms with Crippen LogP contribution < -0.4 is 0 Å². The van der Waals surface area contributed by atoms with Crippen LogP contribution in [0, 0.1) is 0 Å². The van der Waals surface area contributed by atoms with Crippen LogP contribution in [-0.4, -0.2) is 51.4 Å². The summed E-state index contributed by atoms with van der Waals surface area (Å²) in [6.45, 7) is 0. The van der Waals surface area contributed by atoms with Crippen molar-refractivity contribution in [1.29, 1.82) is 0 Å². The van der Waals surface area contributed by atoms with E-state index < -0.39 is 0 Å². The van der Waals surface area contributed by atoms with Crippen LogP contribution in [0.15, 0.2) is 0 Å². The first-order valence-electron chi connectivity index (χ1n) is 0.697. The van der Waals surface area contributed by atoms with E-state index in [0.717, 1.165) is 22.9 Å². The van der Waals surface area contributed by atoms with Gasteiger partial charge in [-0.3, -0.25) is 0 Å². The molecule has 0 rings (SSSR count). The summed E-state index contributed by atoms with van der Waals surface area (Å²) in [5.41, 5.74) is 0. The summed E-state index contributed by atoms with van der Waals surface area (Å²) in [5.74, 6) is 0. The van der Waals surface area contributed by atoms with Crippen LogP contribution in [0.3, 0.4) is 0 Å². The number of hydrogen-bond donors (Lipinski definition) is 0. The molecule has 2 N–H and O–H groups in total. The molecule has 27 valence electrons. The van der Waals surface area contributed by atoms with E-state index in [4.69, 9.17) is 0 Å². The molecule has 0 aromatic carbocycles. The van der Waals surface area contributed by atoms with Crippen molar-refractivity contribution >= 4 is 45.9 Å². The standard InChI is InChI=1S/H2O.O.2Sn.5H/h1H2;;;;;;;;. The molecular weight excluding hydrogens is 269 g/mol. The fourth-order valence-corrected chi connectivity index (χ4v) is 0. The first-order chi connectivity index (χ1) is 1.41. The fraction of sp³-hybridized carbons (Fsp3) is 0. The maximum absolute atomic E-state index is 4.63. The van der Waals surface area contributed by atoms with Crippen molar-refractivity contribution in [2.24, 2.45) is 0 Å². The van der Waals surface area contributed by atoms with Gasteiger partial charge in [0.1, 0.15) is 0 Å². The Hall–Kier alpha value is 1.52. The number of rotatable bonds is 0. The van der Waals surface area contributed by atoms with Gasteiger partial charge in [0.05, 0.1) is 0 Å². The van der Waals surface area contributed by atoms with Crippen LogP contribution in [0.5, 0.6) is 0 Å². The second kappa shape index (κ2) is 8.82. The summed E-state index contributed by atoms with van der Waals surface area (Å²) in [5, 5.41) is 0. The molecule has 0 saturated heterocycles. The van der Waals surface area contributed by atoms with E-state index in [1.807, 2.05) is 0 Å². The molecule has 0 heterocycles. The van der Waals surface area contributed by atoms with Crippen LogP contribution in [0.25, 0.3) is 0 Å². The summed E-state index contributed by atoms with van der Waals surface area (Å²) in [7, 11) is 0. The summed E-state index contributed by atoms with van der Waals surface area (Å²) >= 11 is 1.35. The van der Waals surface area contributed by atoms with E-state index in [2.05, 4.69) is 1.41 Å². The third-order valence-electron chi connectivity index (χ3n) is 0. The van der Waals surface area contributed by atoms with Crippen molar-refractivity contribution in [2.45, 2.75) is 0 Å². The predicted octanol–water partition coefficient (Wildman–Crippen LogP) is -2.99. The van der Waals surface area contributed by atoms with Crippen molar-refractivity contribution < 1.29 is 6.89 Å². The second-order valence-corrected chi connectivity index (χ2v) is 13.0. The van der Waals surface area contributed by atoms with Crippen LogP contribution in [-0.2, 0) is 1.41 Å². The van der Waals surface area contributed by atoms with Crippen LogP contribution >= 0.6 is 0 Å². The van der Waals surface area contributed by atoms with Gasteiger partial charge in [0.2, 0.25) is 0 Å². The van der Waals surface area contributed by atoms with Gasteiger partial charge >= 0.3 is 47.3 Å². The minimum atomic E-state index is 0. The molecule has 0 spiro atoms. The average Bonchev–Trinajstić information content (AvgIpc) is 0.918. The van der Waals surface area contributed by atoms with E-state index in [1.54, 1.807) is 0 Å². The third-order valence-corrected chi connectivity index (χ3v) is 0. The summed E-state index contributed by atoms with van der Waals surface area (Å²) in [6, 6.07) is 0. The SMILES string of the molecule is O.[SnH2][O][SnH3]. The van der Waals surface area contributed by atoms with Crippen LogP contribution in [0.1, 0.15) is 0 Å². The molecular formula is H7O2Sn2. The Bertz CT molecular complexity index is 4.00. The normalized spacial score (nSPS) is 5.25. The first kappa shape index (κ1) is 9.10. The van der Waals surface area contributed by atoms with Crippen molar-refractivity contribution in [3.8, 4) is 0 Å². The van der Waals surface area contributed by atoms with Crippen molar-refractivity contribution in [3.05, 3.63) is 0 Å². The van der Waals surface area contributed by atoms with E-state index in [1.165, 1.54) is 0 Å². The molecule has 0 aromatic rings.